The van der Waals surface area contributed by atoms with Gasteiger partial charge in [-0.2, -0.15) is 0 Å². The number of nitrogens with zero attached hydrogens (tertiary/aromatic N) is 2. The van der Waals surface area contributed by atoms with Crippen LogP contribution >= 0.6 is 11.3 Å². The van der Waals surface area contributed by atoms with Crippen molar-refractivity contribution in [2.24, 2.45) is 0 Å². The summed E-state index contributed by atoms with van der Waals surface area (Å²) in [7, 11) is 0. The minimum absolute atomic E-state index is 0.108. The van der Waals surface area contributed by atoms with Crippen LogP contribution in [0.5, 0.6) is 0 Å². The first-order chi connectivity index (χ1) is 14.1. The predicted molar refractivity (Wildman–Crippen MR) is 108 cm³/mol. The molecular formula is C21H22F2N3O2S+. The van der Waals surface area contributed by atoms with Gasteiger partial charge in [-0.15, -0.1) is 0 Å². The fourth-order valence-corrected chi connectivity index (χ4v) is 4.41. The Kier molecular flexibility index (Phi) is 6.13. The number of quaternary nitrogens is 1. The van der Waals surface area contributed by atoms with Gasteiger partial charge in [0.15, 0.2) is 5.13 Å². The molecule has 1 amide bonds. The van der Waals surface area contributed by atoms with E-state index < -0.39 is 0 Å². The van der Waals surface area contributed by atoms with Gasteiger partial charge in [0.2, 0.25) is 5.91 Å². The summed E-state index contributed by atoms with van der Waals surface area (Å²) in [6, 6.07) is 10.4. The number of hydrogen-bond donors (Lipinski definition) is 1. The van der Waals surface area contributed by atoms with Crippen LogP contribution in [0.4, 0.5) is 13.9 Å². The number of rotatable bonds is 6. The molecule has 1 fully saturated rings. The Morgan fingerprint density at radius 2 is 1.83 bits per heavy atom. The molecule has 2 heterocycles. The van der Waals surface area contributed by atoms with E-state index in [0.29, 0.717) is 21.9 Å². The number of aromatic nitrogens is 1. The fraction of sp³-hybridized carbons (Fsp3) is 0.333. The van der Waals surface area contributed by atoms with Gasteiger partial charge in [0, 0.05) is 0 Å². The first-order valence-corrected chi connectivity index (χ1v) is 10.4. The lowest BCUT2D eigenvalue weighted by atomic mass is 10.1. The number of carbonyl (C=O) groups is 1. The van der Waals surface area contributed by atoms with Crippen LogP contribution in [0.3, 0.4) is 0 Å². The maximum Gasteiger partial charge on any atom is 0.233 e. The maximum absolute atomic E-state index is 13.6. The number of ether oxygens (including phenoxy) is 1. The summed E-state index contributed by atoms with van der Waals surface area (Å²) in [5, 5.41) is 0.561. The Morgan fingerprint density at radius 3 is 2.59 bits per heavy atom. The average Bonchev–Trinajstić information content (AvgIpc) is 3.13. The van der Waals surface area contributed by atoms with Crippen LogP contribution in [0.25, 0.3) is 10.2 Å². The Hall–Kier alpha value is -2.42. The lowest BCUT2D eigenvalue weighted by molar-refractivity contribution is -0.906. The molecule has 0 bridgehead atoms. The van der Waals surface area contributed by atoms with Crippen LogP contribution in [0.15, 0.2) is 42.5 Å². The first kappa shape index (κ1) is 19.9. The van der Waals surface area contributed by atoms with Gasteiger partial charge in [0.05, 0.1) is 42.9 Å². The van der Waals surface area contributed by atoms with Crippen molar-refractivity contribution in [3.63, 3.8) is 0 Å². The summed E-state index contributed by atoms with van der Waals surface area (Å²) in [5.74, 6) is -0.763. The molecule has 8 heteroatoms. The van der Waals surface area contributed by atoms with E-state index in [1.165, 1.54) is 40.5 Å². The third kappa shape index (κ3) is 4.95. The minimum Gasteiger partial charge on any atom is -0.370 e. The number of anilines is 1. The molecule has 0 saturated carbocycles. The van der Waals surface area contributed by atoms with E-state index in [0.717, 1.165) is 38.4 Å². The molecular weight excluding hydrogens is 396 g/mol. The number of fused-ring (bicyclic) bond motifs is 1. The van der Waals surface area contributed by atoms with Crippen LogP contribution in [-0.2, 0) is 16.0 Å². The van der Waals surface area contributed by atoms with Crippen molar-refractivity contribution in [3.8, 4) is 0 Å². The molecule has 0 spiro atoms. The molecule has 152 valence electrons. The van der Waals surface area contributed by atoms with Crippen LogP contribution in [-0.4, -0.2) is 50.3 Å². The van der Waals surface area contributed by atoms with Gasteiger partial charge in [-0.25, -0.2) is 13.8 Å². The van der Waals surface area contributed by atoms with E-state index in [1.54, 1.807) is 23.1 Å². The third-order valence-electron chi connectivity index (χ3n) is 5.03. The topological polar surface area (TPSA) is 46.9 Å². The van der Waals surface area contributed by atoms with Crippen molar-refractivity contribution < 1.29 is 23.2 Å². The molecule has 3 aromatic rings. The second kappa shape index (κ2) is 8.94. The predicted octanol–water partition coefficient (Wildman–Crippen LogP) is 2.07. The highest BCUT2D eigenvalue weighted by atomic mass is 32.1. The third-order valence-corrected chi connectivity index (χ3v) is 6.07. The number of halogens is 2. The van der Waals surface area contributed by atoms with Gasteiger partial charge >= 0.3 is 0 Å². The summed E-state index contributed by atoms with van der Waals surface area (Å²) in [5.41, 5.74) is 1.41. The van der Waals surface area contributed by atoms with Crippen molar-refractivity contribution in [3.05, 3.63) is 59.7 Å². The first-order valence-electron chi connectivity index (χ1n) is 9.61. The SMILES string of the molecule is O=C(Cc1ccc(F)cc1)N(CC[NH+]1CCOCC1)c1nc2ccc(F)cc2s1. The van der Waals surface area contributed by atoms with E-state index in [-0.39, 0.29) is 24.0 Å². The van der Waals surface area contributed by atoms with Crippen LogP contribution in [0.1, 0.15) is 5.56 Å². The Balaban J connectivity index is 1.56. The molecule has 0 unspecified atom stereocenters. The summed E-state index contributed by atoms with van der Waals surface area (Å²) >= 11 is 1.31. The summed E-state index contributed by atoms with van der Waals surface area (Å²) in [6.07, 6.45) is 0.156. The largest absolute Gasteiger partial charge is 0.370 e. The van der Waals surface area contributed by atoms with E-state index in [4.69, 9.17) is 4.74 Å². The molecule has 1 aromatic heterocycles. The number of amides is 1. The summed E-state index contributed by atoms with van der Waals surface area (Å²) in [4.78, 5) is 20.7. The van der Waals surface area contributed by atoms with Crippen molar-refractivity contribution in [1.29, 1.82) is 0 Å². The van der Waals surface area contributed by atoms with Gasteiger partial charge in [0.1, 0.15) is 24.7 Å². The zero-order chi connectivity index (χ0) is 20.2. The Bertz CT molecular complexity index is 987. The average molecular weight is 418 g/mol. The van der Waals surface area contributed by atoms with E-state index in [1.807, 2.05) is 0 Å². The highest BCUT2D eigenvalue weighted by molar-refractivity contribution is 7.22. The van der Waals surface area contributed by atoms with E-state index >= 15 is 0 Å². The highest BCUT2D eigenvalue weighted by Crippen LogP contribution is 2.29. The molecule has 1 aliphatic heterocycles. The smallest absolute Gasteiger partial charge is 0.233 e. The molecule has 5 nitrogen and oxygen atoms in total. The number of morpholine rings is 1. The highest BCUT2D eigenvalue weighted by Gasteiger charge is 2.23. The van der Waals surface area contributed by atoms with Gasteiger partial charge < -0.3 is 9.64 Å². The van der Waals surface area contributed by atoms with Gasteiger partial charge in [-0.3, -0.25) is 9.69 Å². The molecule has 2 aromatic carbocycles. The normalized spacial score (nSPS) is 15.0. The van der Waals surface area contributed by atoms with E-state index in [2.05, 4.69) is 4.98 Å². The molecule has 0 atom stereocenters. The van der Waals surface area contributed by atoms with E-state index in [9.17, 15) is 13.6 Å². The van der Waals surface area contributed by atoms with Crippen molar-refractivity contribution >= 4 is 32.6 Å². The molecule has 0 aliphatic carbocycles. The van der Waals surface area contributed by atoms with Crippen molar-refractivity contribution in [2.45, 2.75) is 6.42 Å². The molecule has 29 heavy (non-hydrogen) atoms. The number of benzene rings is 2. The fourth-order valence-electron chi connectivity index (χ4n) is 3.38. The van der Waals surface area contributed by atoms with Crippen LogP contribution < -0.4 is 9.80 Å². The second-order valence-electron chi connectivity index (χ2n) is 7.07. The standard InChI is InChI=1S/C21H21F2N3O2S/c22-16-3-1-15(2-4-16)13-20(27)26(8-7-25-9-11-28-12-10-25)21-24-18-6-5-17(23)14-19(18)29-21/h1-6,14H,7-13H2/p+1. The number of nitrogens with one attached hydrogen (secondary N) is 1. The second-order valence-corrected chi connectivity index (χ2v) is 8.08. The summed E-state index contributed by atoms with van der Waals surface area (Å²) < 4.78 is 32.9. The quantitative estimate of drug-likeness (QED) is 0.667. The molecule has 1 N–H and O–H groups in total. The lowest BCUT2D eigenvalue weighted by Gasteiger charge is -2.27. The number of hydrogen-bond acceptors (Lipinski definition) is 4. The maximum atomic E-state index is 13.6. The summed E-state index contributed by atoms with van der Waals surface area (Å²) in [6.45, 7) is 4.55. The minimum atomic E-state index is -0.331. The van der Waals surface area contributed by atoms with Gasteiger partial charge in [-0.05, 0) is 35.9 Å². The number of carbonyl (C=O) groups excluding carboxylic acids is 1. The van der Waals surface area contributed by atoms with Gasteiger partial charge in [-0.1, -0.05) is 23.5 Å². The molecule has 0 radical (unpaired) electrons. The molecule has 1 aliphatic rings. The zero-order valence-corrected chi connectivity index (χ0v) is 16.7. The Morgan fingerprint density at radius 1 is 1.10 bits per heavy atom. The van der Waals surface area contributed by atoms with Crippen molar-refractivity contribution in [2.75, 3.05) is 44.3 Å². The monoisotopic (exact) mass is 418 g/mol. The van der Waals surface area contributed by atoms with Crippen LogP contribution in [0.2, 0.25) is 0 Å². The lowest BCUT2D eigenvalue weighted by Crippen LogP contribution is -3.14. The Labute approximate surface area is 171 Å². The molecule has 4 rings (SSSR count). The van der Waals surface area contributed by atoms with Gasteiger partial charge in [0.25, 0.3) is 0 Å². The number of thiazole rings is 1. The van der Waals surface area contributed by atoms with Crippen LogP contribution in [0, 0.1) is 11.6 Å². The van der Waals surface area contributed by atoms with Crippen molar-refractivity contribution in [1.82, 2.24) is 4.98 Å². The zero-order valence-electron chi connectivity index (χ0n) is 15.9. The molecule has 1 saturated heterocycles.